The minimum absolute atomic E-state index is 0.190. The second-order valence-corrected chi connectivity index (χ2v) is 8.42. The van der Waals surface area contributed by atoms with Gasteiger partial charge >= 0.3 is 0 Å². The molecule has 0 aliphatic carbocycles. The molecule has 0 spiro atoms. The third-order valence-corrected chi connectivity index (χ3v) is 5.92. The van der Waals surface area contributed by atoms with Crippen molar-refractivity contribution in [2.45, 2.75) is 26.9 Å². The first-order valence-electron chi connectivity index (χ1n) is 11.6. The van der Waals surface area contributed by atoms with E-state index in [1.807, 2.05) is 73.7 Å². The summed E-state index contributed by atoms with van der Waals surface area (Å²) in [6, 6.07) is 29.1. The predicted octanol–water partition coefficient (Wildman–Crippen LogP) is 6.12. The smallest absolute Gasteiger partial charge is 0.255 e. The van der Waals surface area contributed by atoms with Crippen LogP contribution >= 0.6 is 0 Å². The molecule has 0 aliphatic rings. The third-order valence-electron chi connectivity index (χ3n) is 5.92. The van der Waals surface area contributed by atoms with Crippen LogP contribution in [0.15, 0.2) is 91.0 Å². The second-order valence-electron chi connectivity index (χ2n) is 8.42. The highest BCUT2D eigenvalue weighted by atomic mass is 16.5. The van der Waals surface area contributed by atoms with Gasteiger partial charge in [-0.15, -0.1) is 10.2 Å². The number of rotatable bonds is 7. The van der Waals surface area contributed by atoms with E-state index in [4.69, 9.17) is 4.74 Å². The molecule has 6 heteroatoms. The fourth-order valence-electron chi connectivity index (χ4n) is 3.82. The number of fused-ring (bicyclic) bond motifs is 1. The molecule has 0 atom stereocenters. The third kappa shape index (κ3) is 5.06. The van der Waals surface area contributed by atoms with Crippen LogP contribution in [-0.2, 0) is 13.0 Å². The summed E-state index contributed by atoms with van der Waals surface area (Å²) in [5.41, 5.74) is 6.93. The zero-order chi connectivity index (χ0) is 24.2. The highest BCUT2D eigenvalue weighted by Gasteiger charge is 2.12. The van der Waals surface area contributed by atoms with E-state index in [1.54, 1.807) is 16.9 Å². The number of aryl methyl sites for hydroxylation is 2. The van der Waals surface area contributed by atoms with Crippen LogP contribution in [-0.4, -0.2) is 20.9 Å². The Hall–Kier alpha value is -4.45. The molecule has 0 aliphatic heterocycles. The predicted molar refractivity (Wildman–Crippen MR) is 138 cm³/mol. The lowest BCUT2D eigenvalue weighted by Crippen LogP contribution is -2.12. The van der Waals surface area contributed by atoms with Gasteiger partial charge in [-0.05, 0) is 78.6 Å². The summed E-state index contributed by atoms with van der Waals surface area (Å²) in [5.74, 6) is 0.524. The topological polar surface area (TPSA) is 69.0 Å². The van der Waals surface area contributed by atoms with Crippen molar-refractivity contribution < 1.29 is 9.53 Å². The fourth-order valence-corrected chi connectivity index (χ4v) is 3.82. The van der Waals surface area contributed by atoms with E-state index in [-0.39, 0.29) is 5.91 Å². The van der Waals surface area contributed by atoms with Crippen molar-refractivity contribution in [3.05, 3.63) is 113 Å². The first kappa shape index (κ1) is 22.3. The number of hydrogen-bond donors (Lipinski definition) is 1. The molecule has 0 bridgehead atoms. The molecule has 0 saturated carbocycles. The maximum atomic E-state index is 12.9. The average Bonchev–Trinajstić information content (AvgIpc) is 3.31. The van der Waals surface area contributed by atoms with Crippen LogP contribution in [0, 0.1) is 6.92 Å². The molecule has 1 aromatic heterocycles. The van der Waals surface area contributed by atoms with E-state index in [1.165, 1.54) is 5.56 Å². The number of anilines is 1. The summed E-state index contributed by atoms with van der Waals surface area (Å²) >= 11 is 0. The molecule has 0 fully saturated rings. The Kier molecular flexibility index (Phi) is 6.26. The molecule has 6 nitrogen and oxygen atoms in total. The lowest BCUT2D eigenvalue weighted by molar-refractivity contribution is 0.102. The van der Waals surface area contributed by atoms with Crippen molar-refractivity contribution in [3.63, 3.8) is 0 Å². The highest BCUT2D eigenvalue weighted by molar-refractivity contribution is 6.05. The number of nitrogens with one attached hydrogen (secondary N) is 1. The van der Waals surface area contributed by atoms with Crippen LogP contribution in [0.25, 0.3) is 16.7 Å². The lowest BCUT2D eigenvalue weighted by atomic mass is 10.1. The summed E-state index contributed by atoms with van der Waals surface area (Å²) in [6.07, 6.45) is 0.987. The number of hydrogen-bond acceptors (Lipinski definition) is 4. The monoisotopic (exact) mass is 462 g/mol. The molecule has 1 N–H and O–H groups in total. The van der Waals surface area contributed by atoms with Crippen LogP contribution in [0.3, 0.4) is 0 Å². The van der Waals surface area contributed by atoms with Crippen molar-refractivity contribution in [2.24, 2.45) is 0 Å². The number of nitrogens with zero attached hydrogens (tertiary/aromatic N) is 3. The van der Waals surface area contributed by atoms with Gasteiger partial charge in [0.2, 0.25) is 0 Å². The summed E-state index contributed by atoms with van der Waals surface area (Å²) in [7, 11) is 0. The minimum atomic E-state index is -0.190. The Morgan fingerprint density at radius 1 is 0.857 bits per heavy atom. The van der Waals surface area contributed by atoms with Crippen LogP contribution in [0.2, 0.25) is 0 Å². The molecule has 0 saturated heterocycles. The van der Waals surface area contributed by atoms with Gasteiger partial charge in [-0.25, -0.2) is 0 Å². The van der Waals surface area contributed by atoms with E-state index in [2.05, 4.69) is 34.6 Å². The van der Waals surface area contributed by atoms with E-state index in [0.29, 0.717) is 23.6 Å². The van der Waals surface area contributed by atoms with E-state index < -0.39 is 0 Å². The van der Waals surface area contributed by atoms with Crippen molar-refractivity contribution >= 4 is 22.6 Å². The van der Waals surface area contributed by atoms with Gasteiger partial charge in [-0.2, -0.15) is 4.80 Å². The van der Waals surface area contributed by atoms with Crippen LogP contribution in [0.1, 0.15) is 34.0 Å². The van der Waals surface area contributed by atoms with Crippen molar-refractivity contribution in [1.29, 1.82) is 0 Å². The fraction of sp³-hybridized carbons (Fsp3) is 0.138. The minimum Gasteiger partial charge on any atom is -0.489 e. The molecular weight excluding hydrogens is 436 g/mol. The van der Waals surface area contributed by atoms with E-state index in [9.17, 15) is 4.79 Å². The quantitative estimate of drug-likeness (QED) is 0.316. The van der Waals surface area contributed by atoms with E-state index in [0.717, 1.165) is 34.3 Å². The largest absolute Gasteiger partial charge is 0.489 e. The molecule has 5 rings (SSSR count). The molecule has 174 valence electrons. The van der Waals surface area contributed by atoms with Gasteiger partial charge in [0.15, 0.2) is 0 Å². The molecule has 0 unspecified atom stereocenters. The van der Waals surface area contributed by atoms with Gasteiger partial charge < -0.3 is 10.1 Å². The molecule has 5 aromatic rings. The summed E-state index contributed by atoms with van der Waals surface area (Å²) in [4.78, 5) is 14.5. The molecular formula is C29H26N4O2. The summed E-state index contributed by atoms with van der Waals surface area (Å²) in [6.45, 7) is 4.56. The number of carbonyl (C=O) groups is 1. The van der Waals surface area contributed by atoms with Gasteiger partial charge in [-0.1, -0.05) is 49.4 Å². The van der Waals surface area contributed by atoms with Crippen LogP contribution < -0.4 is 10.1 Å². The van der Waals surface area contributed by atoms with Crippen molar-refractivity contribution in [3.8, 4) is 11.4 Å². The van der Waals surface area contributed by atoms with E-state index >= 15 is 0 Å². The average molecular weight is 463 g/mol. The van der Waals surface area contributed by atoms with Crippen LogP contribution in [0.4, 0.5) is 5.69 Å². The van der Waals surface area contributed by atoms with Gasteiger partial charge in [0.05, 0.1) is 5.69 Å². The van der Waals surface area contributed by atoms with Gasteiger partial charge in [0, 0.05) is 11.3 Å². The number of carbonyl (C=O) groups excluding carboxylic acids is 1. The number of benzene rings is 4. The lowest BCUT2D eigenvalue weighted by Gasteiger charge is -2.10. The first-order valence-corrected chi connectivity index (χ1v) is 11.6. The Morgan fingerprint density at radius 3 is 2.23 bits per heavy atom. The van der Waals surface area contributed by atoms with Gasteiger partial charge in [-0.3, -0.25) is 4.79 Å². The zero-order valence-corrected chi connectivity index (χ0v) is 19.7. The Bertz CT molecular complexity index is 1460. The molecule has 35 heavy (non-hydrogen) atoms. The summed E-state index contributed by atoms with van der Waals surface area (Å²) in [5, 5.41) is 12.2. The van der Waals surface area contributed by atoms with Crippen molar-refractivity contribution in [2.75, 3.05) is 5.32 Å². The summed E-state index contributed by atoms with van der Waals surface area (Å²) < 4.78 is 5.81. The van der Waals surface area contributed by atoms with Gasteiger partial charge in [0.25, 0.3) is 5.91 Å². The Morgan fingerprint density at radius 2 is 1.54 bits per heavy atom. The normalized spacial score (nSPS) is 10.9. The number of ether oxygens (including phenoxy) is 1. The Balaban J connectivity index is 1.29. The maximum Gasteiger partial charge on any atom is 0.255 e. The molecule has 1 amide bonds. The molecule has 4 aromatic carbocycles. The van der Waals surface area contributed by atoms with Crippen LogP contribution in [0.5, 0.6) is 5.75 Å². The first-order chi connectivity index (χ1) is 17.1. The molecule has 0 radical (unpaired) electrons. The van der Waals surface area contributed by atoms with Crippen molar-refractivity contribution in [1.82, 2.24) is 15.0 Å². The standard InChI is InChI=1S/C29H26N4O2/c1-3-21-9-13-24(14-10-21)33-31-27-17-20(2)26(18-28(27)32-33)30-29(34)23-11-15-25(16-12-23)35-19-22-7-5-4-6-8-22/h4-18H,3,19H2,1-2H3,(H,30,34). The second kappa shape index (κ2) is 9.81. The zero-order valence-electron chi connectivity index (χ0n) is 19.7. The number of aromatic nitrogens is 3. The Labute approximate surface area is 204 Å². The van der Waals surface area contributed by atoms with Gasteiger partial charge in [0.1, 0.15) is 23.4 Å². The number of amides is 1. The highest BCUT2D eigenvalue weighted by Crippen LogP contribution is 2.23. The SMILES string of the molecule is CCc1ccc(-n2nc3cc(C)c(NC(=O)c4ccc(OCc5ccccc5)cc4)cc3n2)cc1. The molecule has 1 heterocycles. The maximum absolute atomic E-state index is 12.9.